The molecule has 2 aromatic rings. The highest BCUT2D eigenvalue weighted by molar-refractivity contribution is 6.54. The number of allylic oxidation sites excluding steroid dienone is 1. The number of rotatable bonds is 1. The lowest BCUT2D eigenvalue weighted by molar-refractivity contribution is -0.112. The van der Waals surface area contributed by atoms with Gasteiger partial charge in [-0.2, -0.15) is 0 Å². The number of Topliss-reactive ketones (excluding diaryl/α,β-unsaturated/α-hetero) is 2. The summed E-state index contributed by atoms with van der Waals surface area (Å²) in [6, 6.07) is 9.25. The number of hydrogen-bond donors (Lipinski definition) is 1. The number of ketones is 2. The largest absolute Gasteiger partial charge is 0.507 e. The number of hydrogen-bond acceptors (Lipinski definition) is 3. The first-order chi connectivity index (χ1) is 9.93. The third-order valence-electron chi connectivity index (χ3n) is 4.04. The van der Waals surface area contributed by atoms with Gasteiger partial charge in [0.2, 0.25) is 11.6 Å². The average molecular weight is 280 g/mol. The van der Waals surface area contributed by atoms with Gasteiger partial charge in [-0.1, -0.05) is 38.1 Å². The van der Waals surface area contributed by atoms with Crippen LogP contribution in [0.2, 0.25) is 0 Å². The number of fused-ring (bicyclic) bond motifs is 3. The van der Waals surface area contributed by atoms with Gasteiger partial charge in [-0.3, -0.25) is 9.59 Å². The maximum absolute atomic E-state index is 12.5. The molecule has 21 heavy (non-hydrogen) atoms. The monoisotopic (exact) mass is 280 g/mol. The summed E-state index contributed by atoms with van der Waals surface area (Å²) in [6.07, 6.45) is 0. The van der Waals surface area contributed by atoms with Gasteiger partial charge in [0.25, 0.3) is 0 Å². The Morgan fingerprint density at radius 2 is 1.67 bits per heavy atom. The average Bonchev–Trinajstić information content (AvgIpc) is 2.44. The molecule has 0 heterocycles. The lowest BCUT2D eigenvalue weighted by atomic mass is 9.81. The molecular formula is C18H16O3. The SMILES string of the molecule is Cc1cccc2c3c(ccc12)C(O)=C(C(C)C)C(=O)C3=O. The fourth-order valence-corrected chi connectivity index (χ4v) is 2.98. The Hall–Kier alpha value is -2.42. The predicted octanol–water partition coefficient (Wildman–Crippen LogP) is 3.84. The van der Waals surface area contributed by atoms with Crippen LogP contribution in [0.1, 0.15) is 35.3 Å². The van der Waals surface area contributed by atoms with Crippen molar-refractivity contribution in [3.63, 3.8) is 0 Å². The molecule has 0 fully saturated rings. The van der Waals surface area contributed by atoms with Gasteiger partial charge in [-0.15, -0.1) is 0 Å². The van der Waals surface area contributed by atoms with Gasteiger partial charge >= 0.3 is 0 Å². The Morgan fingerprint density at radius 1 is 0.952 bits per heavy atom. The first-order valence-electron chi connectivity index (χ1n) is 6.98. The second kappa shape index (κ2) is 4.55. The van der Waals surface area contributed by atoms with Crippen LogP contribution in [0.4, 0.5) is 0 Å². The Bertz CT molecular complexity index is 826. The van der Waals surface area contributed by atoms with E-state index < -0.39 is 11.6 Å². The van der Waals surface area contributed by atoms with Crippen molar-refractivity contribution in [2.24, 2.45) is 5.92 Å². The standard InChI is InChI=1S/C18H16O3/c1-9(2)14-16(19)13-8-7-11-10(3)5-4-6-12(11)15(13)18(21)17(14)20/h4-9,19H,1-3H3. The molecule has 1 aliphatic rings. The number of aliphatic hydroxyl groups is 1. The highest BCUT2D eigenvalue weighted by Crippen LogP contribution is 2.36. The summed E-state index contributed by atoms with van der Waals surface area (Å²) in [5.74, 6) is -1.37. The van der Waals surface area contributed by atoms with Crippen molar-refractivity contribution in [3.8, 4) is 0 Å². The molecule has 0 spiro atoms. The van der Waals surface area contributed by atoms with Gasteiger partial charge < -0.3 is 5.11 Å². The Balaban J connectivity index is 2.45. The number of aryl methyl sites for hydroxylation is 1. The highest BCUT2D eigenvalue weighted by atomic mass is 16.3. The van der Waals surface area contributed by atoms with Crippen molar-refractivity contribution < 1.29 is 14.7 Å². The predicted molar refractivity (Wildman–Crippen MR) is 82.4 cm³/mol. The van der Waals surface area contributed by atoms with Crippen LogP contribution >= 0.6 is 0 Å². The molecule has 0 unspecified atom stereocenters. The first kappa shape index (κ1) is 13.6. The smallest absolute Gasteiger partial charge is 0.234 e. The summed E-state index contributed by atoms with van der Waals surface area (Å²) in [5, 5.41) is 12.1. The third kappa shape index (κ3) is 1.81. The summed E-state index contributed by atoms with van der Waals surface area (Å²) >= 11 is 0. The second-order valence-corrected chi connectivity index (χ2v) is 5.73. The van der Waals surface area contributed by atoms with E-state index in [1.165, 1.54) is 0 Å². The molecule has 3 heteroatoms. The molecule has 0 saturated heterocycles. The van der Waals surface area contributed by atoms with Crippen molar-refractivity contribution in [2.45, 2.75) is 20.8 Å². The number of aliphatic hydroxyl groups excluding tert-OH is 1. The normalized spacial score (nSPS) is 15.0. The van der Waals surface area contributed by atoms with E-state index >= 15 is 0 Å². The Morgan fingerprint density at radius 3 is 2.33 bits per heavy atom. The van der Waals surface area contributed by atoms with E-state index in [1.54, 1.807) is 19.9 Å². The van der Waals surface area contributed by atoms with Gasteiger partial charge in [0.15, 0.2) is 0 Å². The van der Waals surface area contributed by atoms with Gasteiger partial charge in [-0.25, -0.2) is 0 Å². The highest BCUT2D eigenvalue weighted by Gasteiger charge is 2.35. The van der Waals surface area contributed by atoms with Gasteiger partial charge in [0.05, 0.1) is 0 Å². The zero-order valence-electron chi connectivity index (χ0n) is 12.2. The fourth-order valence-electron chi connectivity index (χ4n) is 2.98. The first-order valence-corrected chi connectivity index (χ1v) is 6.98. The molecule has 106 valence electrons. The van der Waals surface area contributed by atoms with Crippen LogP contribution < -0.4 is 0 Å². The lowest BCUT2D eigenvalue weighted by Gasteiger charge is -2.21. The fraction of sp³-hybridized carbons (Fsp3) is 0.222. The van der Waals surface area contributed by atoms with Crippen LogP contribution in [0.25, 0.3) is 16.5 Å². The molecule has 2 aromatic carbocycles. The van der Waals surface area contributed by atoms with Crippen molar-refractivity contribution in [1.29, 1.82) is 0 Å². The molecule has 0 bridgehead atoms. The summed E-state index contributed by atoms with van der Waals surface area (Å²) in [6.45, 7) is 5.55. The molecular weight excluding hydrogens is 264 g/mol. The zero-order valence-corrected chi connectivity index (χ0v) is 12.2. The second-order valence-electron chi connectivity index (χ2n) is 5.73. The molecule has 0 saturated carbocycles. The van der Waals surface area contributed by atoms with E-state index in [2.05, 4.69) is 0 Å². The maximum Gasteiger partial charge on any atom is 0.234 e. The number of benzene rings is 2. The van der Waals surface area contributed by atoms with Gasteiger partial charge in [0.1, 0.15) is 5.76 Å². The van der Waals surface area contributed by atoms with Crippen molar-refractivity contribution in [1.82, 2.24) is 0 Å². The lowest BCUT2D eigenvalue weighted by Crippen LogP contribution is -2.26. The summed E-state index contributed by atoms with van der Waals surface area (Å²) in [7, 11) is 0. The Kier molecular flexibility index (Phi) is 2.94. The van der Waals surface area contributed by atoms with E-state index in [0.717, 1.165) is 16.3 Å². The summed E-state index contributed by atoms with van der Waals surface area (Å²) in [4.78, 5) is 24.8. The van der Waals surface area contributed by atoms with E-state index in [9.17, 15) is 14.7 Å². The van der Waals surface area contributed by atoms with E-state index in [4.69, 9.17) is 0 Å². The van der Waals surface area contributed by atoms with Crippen LogP contribution in [0.5, 0.6) is 0 Å². The minimum atomic E-state index is -0.594. The molecule has 0 radical (unpaired) electrons. The maximum atomic E-state index is 12.5. The number of carbonyl (C=O) groups excluding carboxylic acids is 2. The topological polar surface area (TPSA) is 54.4 Å². The van der Waals surface area contributed by atoms with Crippen LogP contribution in [0.3, 0.4) is 0 Å². The minimum Gasteiger partial charge on any atom is -0.507 e. The summed E-state index contributed by atoms with van der Waals surface area (Å²) in [5.41, 5.74) is 2.03. The molecule has 1 N–H and O–H groups in total. The van der Waals surface area contributed by atoms with Crippen molar-refractivity contribution >= 4 is 28.1 Å². The Labute approximate surface area is 122 Å². The van der Waals surface area contributed by atoms with Crippen LogP contribution in [0, 0.1) is 12.8 Å². The molecule has 3 nitrogen and oxygen atoms in total. The molecule has 0 amide bonds. The van der Waals surface area contributed by atoms with Gasteiger partial charge in [-0.05, 0) is 35.2 Å². The van der Waals surface area contributed by atoms with Crippen LogP contribution in [-0.2, 0) is 4.79 Å². The van der Waals surface area contributed by atoms with E-state index in [1.807, 2.05) is 31.2 Å². The van der Waals surface area contributed by atoms with Crippen LogP contribution in [-0.4, -0.2) is 16.7 Å². The quantitative estimate of drug-likeness (QED) is 0.807. The van der Waals surface area contributed by atoms with Gasteiger partial charge in [0, 0.05) is 16.7 Å². The number of carbonyl (C=O) groups is 2. The third-order valence-corrected chi connectivity index (χ3v) is 4.04. The molecule has 0 aliphatic heterocycles. The molecule has 3 rings (SSSR count). The summed E-state index contributed by atoms with van der Waals surface area (Å²) < 4.78 is 0. The van der Waals surface area contributed by atoms with E-state index in [-0.39, 0.29) is 17.3 Å². The molecule has 0 atom stereocenters. The van der Waals surface area contributed by atoms with Crippen molar-refractivity contribution in [2.75, 3.05) is 0 Å². The molecule has 1 aliphatic carbocycles. The van der Waals surface area contributed by atoms with Crippen LogP contribution in [0.15, 0.2) is 35.9 Å². The minimum absolute atomic E-state index is 0.0620. The molecule has 0 aromatic heterocycles. The van der Waals surface area contributed by atoms with Crippen molar-refractivity contribution in [3.05, 3.63) is 52.6 Å². The van der Waals surface area contributed by atoms with E-state index in [0.29, 0.717) is 11.1 Å². The zero-order chi connectivity index (χ0) is 15.3.